The molecule has 0 spiro atoms. The molecule has 0 amide bonds. The summed E-state index contributed by atoms with van der Waals surface area (Å²) in [6.07, 6.45) is 7.69. The van der Waals surface area contributed by atoms with Crippen LogP contribution in [0.25, 0.3) is 0 Å². The molecule has 0 saturated carbocycles. The van der Waals surface area contributed by atoms with Crippen molar-refractivity contribution in [3.63, 3.8) is 0 Å². The molecule has 0 aromatic carbocycles. The van der Waals surface area contributed by atoms with Gasteiger partial charge in [-0.3, -0.25) is 0 Å². The molecule has 0 radical (unpaired) electrons. The van der Waals surface area contributed by atoms with Crippen LogP contribution < -0.4 is 0 Å². The molecule has 0 aliphatic heterocycles. The Morgan fingerprint density at radius 1 is 1.50 bits per heavy atom. The van der Waals surface area contributed by atoms with Gasteiger partial charge in [0.1, 0.15) is 0 Å². The predicted octanol–water partition coefficient (Wildman–Crippen LogP) is 3.46. The van der Waals surface area contributed by atoms with Crippen molar-refractivity contribution >= 4 is 6.21 Å². The molecule has 0 fully saturated rings. The van der Waals surface area contributed by atoms with Gasteiger partial charge in [0.2, 0.25) is 0 Å². The van der Waals surface area contributed by atoms with Crippen LogP contribution in [0.5, 0.6) is 0 Å². The summed E-state index contributed by atoms with van der Waals surface area (Å²) in [7, 11) is 1.82. The van der Waals surface area contributed by atoms with Gasteiger partial charge < -0.3 is 4.99 Å². The van der Waals surface area contributed by atoms with Gasteiger partial charge in [-0.1, -0.05) is 31.9 Å². The number of hydrogen-bond acceptors (Lipinski definition) is 1. The molecule has 0 N–H and O–H groups in total. The van der Waals surface area contributed by atoms with Crippen molar-refractivity contribution < 1.29 is 0 Å². The van der Waals surface area contributed by atoms with E-state index < -0.39 is 0 Å². The first-order chi connectivity index (χ1) is 5.70. The molecule has 1 nitrogen and oxygen atoms in total. The zero-order chi connectivity index (χ0) is 9.40. The Hall–Kier alpha value is -0.590. The van der Waals surface area contributed by atoms with Crippen LogP contribution in [0.4, 0.5) is 0 Å². The van der Waals surface area contributed by atoms with Gasteiger partial charge in [-0.15, -0.1) is 0 Å². The Labute approximate surface area is 76.6 Å². The Kier molecular flexibility index (Phi) is 6.73. The van der Waals surface area contributed by atoms with Gasteiger partial charge in [0.25, 0.3) is 0 Å². The molecular weight excluding hydrogens is 146 g/mol. The third-order valence-corrected chi connectivity index (χ3v) is 2.12. The summed E-state index contributed by atoms with van der Waals surface area (Å²) in [5.74, 6) is 0.819. The molecule has 0 saturated heterocycles. The number of rotatable bonds is 5. The van der Waals surface area contributed by atoms with E-state index in [1.807, 2.05) is 13.3 Å². The van der Waals surface area contributed by atoms with E-state index in [1.165, 1.54) is 18.4 Å². The summed E-state index contributed by atoms with van der Waals surface area (Å²) in [4.78, 5) is 3.94. The summed E-state index contributed by atoms with van der Waals surface area (Å²) in [6.45, 7) is 6.74. The maximum atomic E-state index is 3.94. The zero-order valence-corrected chi connectivity index (χ0v) is 8.80. The maximum absolute atomic E-state index is 3.94. The van der Waals surface area contributed by atoms with Crippen LogP contribution >= 0.6 is 0 Å². The Balaban J connectivity index is 3.69. The lowest BCUT2D eigenvalue weighted by Gasteiger charge is -2.07. The lowest BCUT2D eigenvalue weighted by Crippen LogP contribution is -1.92. The topological polar surface area (TPSA) is 12.4 Å². The molecule has 70 valence electrons. The van der Waals surface area contributed by atoms with Crippen molar-refractivity contribution in [3.8, 4) is 0 Å². The van der Waals surface area contributed by atoms with E-state index in [0.29, 0.717) is 0 Å². The zero-order valence-electron chi connectivity index (χ0n) is 8.80. The van der Waals surface area contributed by atoms with Crippen LogP contribution in [0.3, 0.4) is 0 Å². The van der Waals surface area contributed by atoms with E-state index in [1.54, 1.807) is 0 Å². The van der Waals surface area contributed by atoms with Gasteiger partial charge in [0.15, 0.2) is 0 Å². The quantitative estimate of drug-likeness (QED) is 0.439. The standard InChI is InChI=1S/C11H21N/c1-5-10(2)9-11(3)7-6-8-12-4/h7-8,10H,5-6,9H2,1-4H3/b11-7-,12-8?. The Morgan fingerprint density at radius 2 is 2.17 bits per heavy atom. The average Bonchev–Trinajstić information content (AvgIpc) is 2.05. The van der Waals surface area contributed by atoms with Gasteiger partial charge in [0.05, 0.1) is 0 Å². The van der Waals surface area contributed by atoms with Crippen molar-refractivity contribution in [1.29, 1.82) is 0 Å². The minimum Gasteiger partial charge on any atom is -0.301 e. The van der Waals surface area contributed by atoms with Crippen molar-refractivity contribution in [2.75, 3.05) is 7.05 Å². The third kappa shape index (κ3) is 6.14. The molecular formula is C11H21N. The summed E-state index contributed by atoms with van der Waals surface area (Å²) in [6, 6.07) is 0. The van der Waals surface area contributed by atoms with E-state index in [2.05, 4.69) is 31.8 Å². The second-order valence-corrected chi connectivity index (χ2v) is 3.44. The maximum Gasteiger partial charge on any atom is 0.0273 e. The van der Waals surface area contributed by atoms with E-state index in [-0.39, 0.29) is 0 Å². The SMILES string of the molecule is CCC(C)C/C(C)=C\CC=NC. The molecule has 1 heteroatoms. The van der Waals surface area contributed by atoms with Crippen LogP contribution in [0.2, 0.25) is 0 Å². The van der Waals surface area contributed by atoms with Gasteiger partial charge in [-0.2, -0.15) is 0 Å². The summed E-state index contributed by atoms with van der Waals surface area (Å²) < 4.78 is 0. The highest BCUT2D eigenvalue weighted by atomic mass is 14.6. The van der Waals surface area contributed by atoms with Crippen LogP contribution in [0, 0.1) is 5.92 Å². The summed E-state index contributed by atoms with van der Waals surface area (Å²) >= 11 is 0. The van der Waals surface area contributed by atoms with Crippen LogP contribution in [-0.2, 0) is 0 Å². The molecule has 0 aliphatic rings. The van der Waals surface area contributed by atoms with Crippen molar-refractivity contribution in [1.82, 2.24) is 0 Å². The van der Waals surface area contributed by atoms with Crippen molar-refractivity contribution in [2.24, 2.45) is 10.9 Å². The highest BCUT2D eigenvalue weighted by Gasteiger charge is 1.98. The lowest BCUT2D eigenvalue weighted by atomic mass is 9.99. The smallest absolute Gasteiger partial charge is 0.0273 e. The summed E-state index contributed by atoms with van der Waals surface area (Å²) in [5, 5.41) is 0. The van der Waals surface area contributed by atoms with E-state index in [9.17, 15) is 0 Å². The minimum atomic E-state index is 0.819. The summed E-state index contributed by atoms with van der Waals surface area (Å²) in [5.41, 5.74) is 1.49. The molecule has 1 atom stereocenters. The monoisotopic (exact) mass is 167 g/mol. The normalized spacial score (nSPS) is 15.5. The van der Waals surface area contributed by atoms with Gasteiger partial charge in [-0.05, 0) is 19.3 Å². The second-order valence-electron chi connectivity index (χ2n) is 3.44. The Bertz CT molecular complexity index is 156. The molecule has 0 aromatic rings. The van der Waals surface area contributed by atoms with Crippen LogP contribution in [-0.4, -0.2) is 13.3 Å². The third-order valence-electron chi connectivity index (χ3n) is 2.12. The Morgan fingerprint density at radius 3 is 2.67 bits per heavy atom. The molecule has 0 bridgehead atoms. The van der Waals surface area contributed by atoms with Gasteiger partial charge >= 0.3 is 0 Å². The van der Waals surface area contributed by atoms with Crippen molar-refractivity contribution in [3.05, 3.63) is 11.6 Å². The first-order valence-electron chi connectivity index (χ1n) is 4.77. The fraction of sp³-hybridized carbons (Fsp3) is 0.727. The number of hydrogen-bond donors (Lipinski definition) is 0. The van der Waals surface area contributed by atoms with Crippen LogP contribution in [0.15, 0.2) is 16.6 Å². The molecule has 0 aliphatic carbocycles. The molecule has 0 rings (SSSR count). The van der Waals surface area contributed by atoms with Gasteiger partial charge in [0, 0.05) is 19.7 Å². The van der Waals surface area contributed by atoms with Crippen molar-refractivity contribution in [2.45, 2.75) is 40.0 Å². The molecule has 0 heterocycles. The second kappa shape index (κ2) is 7.08. The van der Waals surface area contributed by atoms with E-state index >= 15 is 0 Å². The molecule has 1 unspecified atom stereocenters. The fourth-order valence-electron chi connectivity index (χ4n) is 1.14. The average molecular weight is 167 g/mol. The molecule has 12 heavy (non-hydrogen) atoms. The fourth-order valence-corrected chi connectivity index (χ4v) is 1.14. The minimum absolute atomic E-state index is 0.819. The van der Waals surface area contributed by atoms with Gasteiger partial charge in [-0.25, -0.2) is 0 Å². The number of aliphatic imine (C=N–C) groups is 1. The number of nitrogens with zero attached hydrogens (tertiary/aromatic N) is 1. The van der Waals surface area contributed by atoms with Crippen LogP contribution in [0.1, 0.15) is 40.0 Å². The lowest BCUT2D eigenvalue weighted by molar-refractivity contribution is 0.556. The highest BCUT2D eigenvalue weighted by molar-refractivity contribution is 5.59. The molecule has 0 aromatic heterocycles. The van der Waals surface area contributed by atoms with E-state index in [4.69, 9.17) is 0 Å². The highest BCUT2D eigenvalue weighted by Crippen LogP contribution is 2.13. The predicted molar refractivity (Wildman–Crippen MR) is 56.9 cm³/mol. The number of allylic oxidation sites excluding steroid dienone is 2. The first-order valence-corrected chi connectivity index (χ1v) is 4.77. The first kappa shape index (κ1) is 11.4. The van der Waals surface area contributed by atoms with E-state index in [0.717, 1.165) is 12.3 Å². The largest absolute Gasteiger partial charge is 0.301 e.